The van der Waals surface area contributed by atoms with Crippen LogP contribution in [0.25, 0.3) is 49.9 Å². The van der Waals surface area contributed by atoms with E-state index in [0.717, 1.165) is 67.1 Å². The molecule has 7 aromatic carbocycles. The third-order valence-electron chi connectivity index (χ3n) is 13.5. The number of fused-ring (bicyclic) bond motifs is 4. The molecule has 0 bridgehead atoms. The van der Waals surface area contributed by atoms with Crippen molar-refractivity contribution >= 4 is 44.6 Å². The van der Waals surface area contributed by atoms with Gasteiger partial charge in [0.15, 0.2) is 0 Å². The largest absolute Gasteiger partial charge is 0.509 e. The van der Waals surface area contributed by atoms with Crippen LogP contribution < -0.4 is 14.5 Å². The van der Waals surface area contributed by atoms with Crippen molar-refractivity contribution in [2.75, 3.05) is 9.80 Å². The van der Waals surface area contributed by atoms with Crippen molar-refractivity contribution < 1.29 is 25.8 Å². The van der Waals surface area contributed by atoms with Crippen molar-refractivity contribution in [3.05, 3.63) is 199 Å². The maximum absolute atomic E-state index is 6.76. The quantitative estimate of drug-likeness (QED) is 0.149. The predicted molar refractivity (Wildman–Crippen MR) is 290 cm³/mol. The molecule has 0 atom stereocenters. The van der Waals surface area contributed by atoms with E-state index in [9.17, 15) is 0 Å². The van der Waals surface area contributed by atoms with Crippen LogP contribution in [0.15, 0.2) is 158 Å². The summed E-state index contributed by atoms with van der Waals surface area (Å²) in [5.41, 5.74) is 15.8. The molecule has 0 amide bonds. The molecule has 0 spiro atoms. The van der Waals surface area contributed by atoms with Crippen molar-refractivity contribution in [1.82, 2.24) is 9.55 Å². The number of nitrogens with zero attached hydrogens (tertiary/aromatic N) is 4. The topological polar surface area (TPSA) is 33.5 Å². The Labute approximate surface area is 430 Å². The van der Waals surface area contributed by atoms with Gasteiger partial charge in [0.25, 0.3) is 0 Å². The molecule has 358 valence electrons. The van der Waals surface area contributed by atoms with Crippen LogP contribution >= 0.6 is 0 Å². The minimum Gasteiger partial charge on any atom is -0.509 e. The summed E-state index contributed by atoms with van der Waals surface area (Å²) in [6.07, 6.45) is 2.05. The second-order valence-electron chi connectivity index (χ2n) is 22.8. The summed E-state index contributed by atoms with van der Waals surface area (Å²) in [7, 11) is 0. The van der Waals surface area contributed by atoms with Gasteiger partial charge in [0.2, 0.25) is 0 Å². The summed E-state index contributed by atoms with van der Waals surface area (Å²) in [5, 5.41) is 2.20. The number of rotatable bonds is 7. The van der Waals surface area contributed by atoms with Gasteiger partial charge in [0, 0.05) is 66.9 Å². The molecule has 0 radical (unpaired) electrons. The first-order valence-corrected chi connectivity index (χ1v) is 24.3. The van der Waals surface area contributed by atoms with E-state index in [0.29, 0.717) is 11.5 Å². The van der Waals surface area contributed by atoms with Gasteiger partial charge in [-0.15, -0.1) is 48.1 Å². The first-order valence-electron chi connectivity index (χ1n) is 24.3. The van der Waals surface area contributed by atoms with E-state index in [4.69, 9.17) is 9.72 Å². The first kappa shape index (κ1) is 48.6. The zero-order valence-corrected chi connectivity index (χ0v) is 44.9. The fourth-order valence-corrected chi connectivity index (χ4v) is 9.48. The molecule has 0 aliphatic carbocycles. The van der Waals surface area contributed by atoms with Crippen LogP contribution in [0.4, 0.5) is 22.7 Å². The van der Waals surface area contributed by atoms with E-state index in [1.807, 2.05) is 18.2 Å². The molecule has 0 saturated heterocycles. The summed E-state index contributed by atoms with van der Waals surface area (Å²) in [6.45, 7) is 29.5. The fraction of sp³-hybridized carbons (Fsp3) is 0.250. The number of hydrogen-bond donors (Lipinski definition) is 0. The summed E-state index contributed by atoms with van der Waals surface area (Å²) in [6, 6.07) is 61.8. The van der Waals surface area contributed by atoms with Gasteiger partial charge in [0.05, 0.1) is 0 Å². The van der Waals surface area contributed by atoms with E-state index in [2.05, 4.69) is 256 Å². The minimum absolute atomic E-state index is 0. The van der Waals surface area contributed by atoms with Gasteiger partial charge in [-0.05, 0) is 102 Å². The standard InChI is InChI=1S/C64H63N4O.Pt/c1-61(2,3)45-28-25-43(26-29-45)54-40-65-60(39-55(54)64(10,11)12)68-56-32-27-44(42-19-14-13-15-20-42)33-53(56)52-31-30-51(38-59(52)68)69-50-22-18-21-48(37-50)66-41-67(58-24-17-16-23-57(58)66)49-35-46(62(4,5)6)34-47(36-49)63(7,8)9;/h13-36,39-41H,1-12H3;/q-3;. The second-order valence-corrected chi connectivity index (χ2v) is 22.8. The molecule has 6 heteroatoms. The zero-order chi connectivity index (χ0) is 48.6. The normalized spacial score (nSPS) is 13.2. The van der Waals surface area contributed by atoms with E-state index < -0.39 is 0 Å². The van der Waals surface area contributed by atoms with Crippen molar-refractivity contribution in [3.63, 3.8) is 0 Å². The van der Waals surface area contributed by atoms with Crippen molar-refractivity contribution in [3.8, 4) is 39.6 Å². The first-order chi connectivity index (χ1) is 32.7. The third kappa shape index (κ3) is 9.34. The van der Waals surface area contributed by atoms with Gasteiger partial charge < -0.3 is 19.1 Å². The molecular weight excluding hydrogens is 1040 g/mol. The van der Waals surface area contributed by atoms with Gasteiger partial charge >= 0.3 is 0 Å². The molecule has 1 aliphatic rings. The Morgan fingerprint density at radius 1 is 0.486 bits per heavy atom. The Balaban J connectivity index is 0.00000608. The van der Waals surface area contributed by atoms with E-state index in [-0.39, 0.29) is 42.7 Å². The second kappa shape index (κ2) is 18.1. The molecule has 0 saturated carbocycles. The third-order valence-corrected chi connectivity index (χ3v) is 13.5. The Morgan fingerprint density at radius 2 is 1.10 bits per heavy atom. The Kier molecular flexibility index (Phi) is 12.5. The number of para-hydroxylation sites is 2. The Hall–Kier alpha value is -6.42. The van der Waals surface area contributed by atoms with Crippen molar-refractivity contribution in [1.29, 1.82) is 0 Å². The Morgan fingerprint density at radius 3 is 1.74 bits per heavy atom. The molecule has 9 aromatic rings. The van der Waals surface area contributed by atoms with Crippen molar-refractivity contribution in [2.45, 2.75) is 105 Å². The monoisotopic (exact) mass is 1100 g/mol. The summed E-state index contributed by atoms with van der Waals surface area (Å²) in [4.78, 5) is 9.77. The van der Waals surface area contributed by atoms with Gasteiger partial charge in [-0.3, -0.25) is 0 Å². The maximum atomic E-state index is 6.76. The zero-order valence-electron chi connectivity index (χ0n) is 42.6. The molecule has 0 unspecified atom stereocenters. The van der Waals surface area contributed by atoms with E-state index in [1.54, 1.807) is 0 Å². The molecule has 0 fully saturated rings. The number of benzene rings is 7. The number of pyridine rings is 1. The Bertz CT molecular complexity index is 3340. The average molecular weight is 1100 g/mol. The molecule has 0 N–H and O–H groups in total. The smallest absolute Gasteiger partial charge is 0.135 e. The van der Waals surface area contributed by atoms with Crippen LogP contribution in [0.2, 0.25) is 0 Å². The number of aromatic nitrogens is 2. The van der Waals surface area contributed by atoms with Crippen LogP contribution in [0.3, 0.4) is 0 Å². The molecule has 10 rings (SSSR count). The SMILES string of the molecule is CC(C)(C)c1ccc(-c2cnc(-n3c4[c-]c(Oc5[c-]c(N6[CH-]N(c7cc(C(C)(C)C)cc(C(C)(C)C)c7)c7ccccc76)ccc5)ccc4c4cc(-c5ccccc5)ccc43)cc2C(C)(C)C)cc1.[Pt]. The van der Waals surface area contributed by atoms with Gasteiger partial charge in [-0.25, -0.2) is 4.98 Å². The summed E-state index contributed by atoms with van der Waals surface area (Å²) >= 11 is 0. The van der Waals surface area contributed by atoms with Crippen LogP contribution in [0.5, 0.6) is 11.5 Å². The summed E-state index contributed by atoms with van der Waals surface area (Å²) in [5.74, 6) is 2.03. The maximum Gasteiger partial charge on any atom is 0.135 e. The molecular formula is C64H63N4OPt-3. The molecule has 2 aromatic heterocycles. The average Bonchev–Trinajstić information content (AvgIpc) is 3.86. The van der Waals surface area contributed by atoms with E-state index >= 15 is 0 Å². The minimum atomic E-state index is -0.163. The van der Waals surface area contributed by atoms with Crippen LogP contribution in [-0.2, 0) is 42.7 Å². The van der Waals surface area contributed by atoms with Crippen molar-refractivity contribution in [2.24, 2.45) is 0 Å². The fourth-order valence-electron chi connectivity index (χ4n) is 9.48. The number of hydrogen-bond acceptors (Lipinski definition) is 4. The van der Waals surface area contributed by atoms with Gasteiger partial charge in [-0.1, -0.05) is 174 Å². The number of ether oxygens (including phenoxy) is 1. The molecule has 5 nitrogen and oxygen atoms in total. The molecule has 70 heavy (non-hydrogen) atoms. The van der Waals surface area contributed by atoms with Gasteiger partial charge in [0.1, 0.15) is 5.82 Å². The van der Waals surface area contributed by atoms with Crippen LogP contribution in [-0.4, -0.2) is 9.55 Å². The van der Waals surface area contributed by atoms with Gasteiger partial charge in [-0.2, -0.15) is 12.1 Å². The molecule has 3 heterocycles. The van der Waals surface area contributed by atoms with Crippen LogP contribution in [0, 0.1) is 18.8 Å². The van der Waals surface area contributed by atoms with Crippen LogP contribution in [0.1, 0.15) is 105 Å². The number of anilines is 4. The molecule has 1 aliphatic heterocycles. The predicted octanol–water partition coefficient (Wildman–Crippen LogP) is 17.5. The van der Waals surface area contributed by atoms with E-state index in [1.165, 1.54) is 27.8 Å². The summed E-state index contributed by atoms with van der Waals surface area (Å²) < 4.78 is 9.01.